The van der Waals surface area contributed by atoms with Crippen LogP contribution in [0.1, 0.15) is 57.6 Å². The van der Waals surface area contributed by atoms with E-state index in [4.69, 9.17) is 10.7 Å². The first kappa shape index (κ1) is 19.4. The lowest BCUT2D eigenvalue weighted by Crippen LogP contribution is -2.23. The van der Waals surface area contributed by atoms with Crippen molar-refractivity contribution in [3.8, 4) is 0 Å². The Labute approximate surface area is 142 Å². The Bertz CT molecular complexity index is 558. The van der Waals surface area contributed by atoms with E-state index in [2.05, 4.69) is 51.7 Å². The Morgan fingerprint density at radius 2 is 1.87 bits per heavy atom. The van der Waals surface area contributed by atoms with Crippen LogP contribution in [0.25, 0.3) is 0 Å². The molecule has 0 spiro atoms. The number of nitrogens with zero attached hydrogens (tertiary/aromatic N) is 1. The first-order valence-electron chi connectivity index (χ1n) is 8.73. The molecule has 1 aromatic rings. The summed E-state index contributed by atoms with van der Waals surface area (Å²) < 4.78 is 0. The highest BCUT2D eigenvalue weighted by Crippen LogP contribution is 2.29. The van der Waals surface area contributed by atoms with Gasteiger partial charge in [-0.15, -0.1) is 0 Å². The largest absolute Gasteiger partial charge is 0.383 e. The summed E-state index contributed by atoms with van der Waals surface area (Å²) in [6, 6.07) is 4.60. The molecule has 1 rings (SSSR count). The molecule has 0 heterocycles. The minimum absolute atomic E-state index is 0.271. The van der Waals surface area contributed by atoms with Gasteiger partial charge in [0.05, 0.1) is 11.4 Å². The van der Waals surface area contributed by atoms with Crippen LogP contribution in [0.15, 0.2) is 29.3 Å². The summed E-state index contributed by atoms with van der Waals surface area (Å²) in [5, 5.41) is 3.52. The number of anilines is 1. The average molecular weight is 316 g/mol. The van der Waals surface area contributed by atoms with Gasteiger partial charge in [0, 0.05) is 18.3 Å². The van der Waals surface area contributed by atoms with Gasteiger partial charge in [-0.25, -0.2) is 0 Å². The van der Waals surface area contributed by atoms with E-state index in [1.165, 1.54) is 11.1 Å². The van der Waals surface area contributed by atoms with Crippen LogP contribution in [-0.2, 0) is 0 Å². The van der Waals surface area contributed by atoms with Gasteiger partial charge in [-0.05, 0) is 68.9 Å². The summed E-state index contributed by atoms with van der Waals surface area (Å²) in [5.41, 5.74) is 12.8. The number of hydrogen-bond acceptors (Lipinski definition) is 3. The lowest BCUT2D eigenvalue weighted by Gasteiger charge is -2.15. The van der Waals surface area contributed by atoms with Crippen molar-refractivity contribution >= 4 is 17.1 Å². The normalized spacial score (nSPS) is 13.0. The van der Waals surface area contributed by atoms with Crippen molar-refractivity contribution in [1.29, 1.82) is 0 Å². The van der Waals surface area contributed by atoms with Crippen molar-refractivity contribution in [1.82, 2.24) is 0 Å². The second-order valence-corrected chi connectivity index (χ2v) is 6.37. The quantitative estimate of drug-likeness (QED) is 0.608. The van der Waals surface area contributed by atoms with Crippen LogP contribution in [0.2, 0.25) is 0 Å². The van der Waals surface area contributed by atoms with E-state index in [9.17, 15) is 0 Å². The highest BCUT2D eigenvalue weighted by atomic mass is 14.9. The Hall–Kier alpha value is -1.61. The fourth-order valence-electron chi connectivity index (χ4n) is 2.46. The second kappa shape index (κ2) is 9.51. The maximum atomic E-state index is 6.10. The van der Waals surface area contributed by atoms with Gasteiger partial charge in [-0.1, -0.05) is 26.8 Å². The van der Waals surface area contributed by atoms with Crippen LogP contribution in [0.5, 0.6) is 0 Å². The Morgan fingerprint density at radius 3 is 2.48 bits per heavy atom. The molecule has 128 valence electrons. The van der Waals surface area contributed by atoms with Gasteiger partial charge in [0.1, 0.15) is 0 Å². The van der Waals surface area contributed by atoms with Crippen LogP contribution in [0.4, 0.5) is 11.4 Å². The molecule has 0 fully saturated rings. The molecule has 0 saturated heterocycles. The minimum atomic E-state index is 0.271. The van der Waals surface area contributed by atoms with E-state index in [0.717, 1.165) is 54.9 Å². The number of allylic oxidation sites excluding steroid dienone is 1. The number of hydrogen-bond donors (Lipinski definition) is 2. The van der Waals surface area contributed by atoms with Gasteiger partial charge in [0.25, 0.3) is 0 Å². The van der Waals surface area contributed by atoms with Gasteiger partial charge >= 0.3 is 0 Å². The van der Waals surface area contributed by atoms with Gasteiger partial charge < -0.3 is 11.1 Å². The van der Waals surface area contributed by atoms with E-state index in [0.29, 0.717) is 0 Å². The van der Waals surface area contributed by atoms with Crippen molar-refractivity contribution in [2.45, 2.75) is 66.3 Å². The Morgan fingerprint density at radius 1 is 1.22 bits per heavy atom. The van der Waals surface area contributed by atoms with Crippen LogP contribution >= 0.6 is 0 Å². The van der Waals surface area contributed by atoms with E-state index < -0.39 is 0 Å². The fraction of sp³-hybridized carbons (Fsp3) is 0.550. The lowest BCUT2D eigenvalue weighted by atomic mass is 10.1. The topological polar surface area (TPSA) is 50.4 Å². The molecule has 0 radical (unpaired) electrons. The summed E-state index contributed by atoms with van der Waals surface area (Å²) in [5.74, 6) is 0. The molecule has 0 aromatic heterocycles. The van der Waals surface area contributed by atoms with Crippen molar-refractivity contribution < 1.29 is 0 Å². The van der Waals surface area contributed by atoms with Crippen molar-refractivity contribution in [3.05, 3.63) is 35.4 Å². The third-order valence-corrected chi connectivity index (χ3v) is 4.33. The maximum Gasteiger partial charge on any atom is 0.0867 e. The number of nitrogens with two attached hydrogens (primary N) is 1. The smallest absolute Gasteiger partial charge is 0.0867 e. The standard InChI is InChI=1S/C20H33N3/c1-7-9-18(21)10-11-22-19-12-15(4)16(5)13-20(19)23-17(6)14(3)8-2/h12-13,18,22H,3,7-11,21H2,1-2,4-6H3. The van der Waals surface area contributed by atoms with E-state index in [1.807, 2.05) is 6.92 Å². The molecule has 0 aliphatic rings. The van der Waals surface area contributed by atoms with E-state index in [1.54, 1.807) is 0 Å². The SMILES string of the molecule is C=C(CC)C(C)=Nc1cc(C)c(C)cc1NCCC(N)CCC. The third kappa shape index (κ3) is 6.19. The van der Waals surface area contributed by atoms with Crippen LogP contribution in [0.3, 0.4) is 0 Å². The predicted octanol–water partition coefficient (Wildman–Crippen LogP) is 5.29. The predicted molar refractivity (Wildman–Crippen MR) is 104 cm³/mol. The molecule has 1 atom stereocenters. The van der Waals surface area contributed by atoms with E-state index in [-0.39, 0.29) is 6.04 Å². The zero-order chi connectivity index (χ0) is 17.4. The molecule has 1 aromatic carbocycles. The molecule has 0 aliphatic carbocycles. The highest BCUT2D eigenvalue weighted by Gasteiger charge is 2.07. The zero-order valence-electron chi connectivity index (χ0n) is 15.5. The Balaban J connectivity index is 2.93. The highest BCUT2D eigenvalue weighted by molar-refractivity contribution is 6.00. The number of rotatable bonds is 9. The third-order valence-electron chi connectivity index (χ3n) is 4.33. The van der Waals surface area contributed by atoms with Crippen molar-refractivity contribution in [3.63, 3.8) is 0 Å². The van der Waals surface area contributed by atoms with Crippen LogP contribution in [-0.4, -0.2) is 18.3 Å². The first-order valence-corrected chi connectivity index (χ1v) is 8.73. The molecule has 23 heavy (non-hydrogen) atoms. The van der Waals surface area contributed by atoms with Gasteiger partial charge in [-0.2, -0.15) is 0 Å². The van der Waals surface area contributed by atoms with Crippen molar-refractivity contribution in [2.24, 2.45) is 10.7 Å². The summed E-state index contributed by atoms with van der Waals surface area (Å²) >= 11 is 0. The molecular weight excluding hydrogens is 282 g/mol. The molecule has 3 nitrogen and oxygen atoms in total. The average Bonchev–Trinajstić information content (AvgIpc) is 2.51. The molecule has 3 N–H and O–H groups in total. The van der Waals surface area contributed by atoms with Gasteiger partial charge in [0.2, 0.25) is 0 Å². The summed E-state index contributed by atoms with van der Waals surface area (Å²) in [6.07, 6.45) is 4.12. The van der Waals surface area contributed by atoms with Crippen molar-refractivity contribution in [2.75, 3.05) is 11.9 Å². The summed E-state index contributed by atoms with van der Waals surface area (Å²) in [4.78, 5) is 4.79. The lowest BCUT2D eigenvalue weighted by molar-refractivity contribution is 0.575. The second-order valence-electron chi connectivity index (χ2n) is 6.37. The maximum absolute atomic E-state index is 6.10. The molecule has 0 amide bonds. The molecule has 1 unspecified atom stereocenters. The molecule has 0 bridgehead atoms. The fourth-order valence-corrected chi connectivity index (χ4v) is 2.46. The number of aliphatic imine (C=N–C) groups is 1. The summed E-state index contributed by atoms with van der Waals surface area (Å²) in [7, 11) is 0. The van der Waals surface area contributed by atoms with Gasteiger partial charge in [-0.3, -0.25) is 4.99 Å². The molecule has 0 saturated carbocycles. The number of aryl methyl sites for hydroxylation is 2. The van der Waals surface area contributed by atoms with Crippen LogP contribution < -0.4 is 11.1 Å². The number of nitrogens with one attached hydrogen (secondary N) is 1. The minimum Gasteiger partial charge on any atom is -0.383 e. The Kier molecular flexibility index (Phi) is 8.04. The molecule has 3 heteroatoms. The summed E-state index contributed by atoms with van der Waals surface area (Å²) in [6.45, 7) is 15.5. The first-order chi connectivity index (χ1) is 10.9. The van der Waals surface area contributed by atoms with E-state index >= 15 is 0 Å². The molecule has 0 aliphatic heterocycles. The van der Waals surface area contributed by atoms with Gasteiger partial charge in [0.15, 0.2) is 0 Å². The zero-order valence-corrected chi connectivity index (χ0v) is 15.5. The number of benzene rings is 1. The molecular formula is C20H33N3. The van der Waals surface area contributed by atoms with Crippen LogP contribution in [0, 0.1) is 13.8 Å². The monoisotopic (exact) mass is 315 g/mol.